The van der Waals surface area contributed by atoms with Crippen LogP contribution >= 0.6 is 0 Å². The fourth-order valence-electron chi connectivity index (χ4n) is 1.52. The normalized spacial score (nSPS) is 36.5. The Balaban J connectivity index is 1.63. The number of carbonyl (C=O) groups is 1. The molecular weight excluding hydrogens is 184 g/mol. The van der Waals surface area contributed by atoms with Crippen molar-refractivity contribution in [3.63, 3.8) is 0 Å². The predicted octanol–water partition coefficient (Wildman–Crippen LogP) is -1.13. The molecule has 0 aromatic carbocycles. The molecule has 2 aliphatic rings. The Morgan fingerprint density at radius 3 is 2.86 bits per heavy atom. The van der Waals surface area contributed by atoms with Gasteiger partial charge in [-0.2, -0.15) is 0 Å². The lowest BCUT2D eigenvalue weighted by molar-refractivity contribution is -0.125. The Labute approximate surface area is 82.9 Å². The van der Waals surface area contributed by atoms with Gasteiger partial charge in [-0.1, -0.05) is 0 Å². The minimum absolute atomic E-state index is 0.00248. The van der Waals surface area contributed by atoms with E-state index in [9.17, 15) is 4.79 Å². The molecule has 0 bridgehead atoms. The highest BCUT2D eigenvalue weighted by Crippen LogP contribution is 2.27. The third-order valence-corrected chi connectivity index (χ3v) is 2.57. The average Bonchev–Trinajstić information content (AvgIpc) is 2.94. The zero-order valence-corrected chi connectivity index (χ0v) is 8.07. The molecule has 80 valence electrons. The number of ether oxygens (including phenoxy) is 2. The first-order valence-electron chi connectivity index (χ1n) is 5.00. The third kappa shape index (κ3) is 2.43. The van der Waals surface area contributed by atoms with Gasteiger partial charge in [0.25, 0.3) is 0 Å². The smallest absolute Gasteiger partial charge is 0.224 e. The van der Waals surface area contributed by atoms with E-state index in [0.717, 1.165) is 6.42 Å². The van der Waals surface area contributed by atoms with Crippen molar-refractivity contribution in [2.24, 2.45) is 11.7 Å². The van der Waals surface area contributed by atoms with Crippen molar-refractivity contribution < 1.29 is 14.3 Å². The number of nitrogens with two attached hydrogens (primary N) is 1. The lowest BCUT2D eigenvalue weighted by Crippen LogP contribution is -2.40. The summed E-state index contributed by atoms with van der Waals surface area (Å²) in [5, 5.41) is 2.82. The van der Waals surface area contributed by atoms with Gasteiger partial charge in [0.05, 0.1) is 31.8 Å². The molecule has 5 heteroatoms. The second-order valence-corrected chi connectivity index (χ2v) is 3.82. The van der Waals surface area contributed by atoms with Crippen LogP contribution in [0.5, 0.6) is 0 Å². The molecule has 2 rings (SSSR count). The molecule has 2 fully saturated rings. The lowest BCUT2D eigenvalue weighted by atomic mass is 10.3. The topological polar surface area (TPSA) is 73.6 Å². The summed E-state index contributed by atoms with van der Waals surface area (Å²) in [4.78, 5) is 11.4. The summed E-state index contributed by atoms with van der Waals surface area (Å²) in [6.07, 6.45) is 0.816. The van der Waals surface area contributed by atoms with E-state index in [4.69, 9.17) is 15.2 Å². The van der Waals surface area contributed by atoms with Crippen molar-refractivity contribution >= 4 is 5.91 Å². The van der Waals surface area contributed by atoms with Crippen LogP contribution in [0.4, 0.5) is 0 Å². The maximum atomic E-state index is 11.4. The van der Waals surface area contributed by atoms with E-state index in [1.807, 2.05) is 0 Å². The standard InChI is InChI=1S/C9H16N2O3/c10-8-3-7(8)9(12)11-4-6-5-13-1-2-14-6/h6-8H,1-5,10H2,(H,11,12). The molecule has 1 heterocycles. The quantitative estimate of drug-likeness (QED) is 0.604. The third-order valence-electron chi connectivity index (χ3n) is 2.57. The zero-order valence-electron chi connectivity index (χ0n) is 8.07. The van der Waals surface area contributed by atoms with Gasteiger partial charge in [-0.05, 0) is 6.42 Å². The SMILES string of the molecule is NC1CC1C(=O)NCC1COCCO1. The monoisotopic (exact) mass is 200 g/mol. The summed E-state index contributed by atoms with van der Waals surface area (Å²) in [6, 6.07) is 0.0681. The summed E-state index contributed by atoms with van der Waals surface area (Å²) < 4.78 is 10.6. The molecule has 0 aromatic rings. The van der Waals surface area contributed by atoms with Gasteiger partial charge >= 0.3 is 0 Å². The van der Waals surface area contributed by atoms with Gasteiger partial charge in [-0.25, -0.2) is 0 Å². The average molecular weight is 200 g/mol. The van der Waals surface area contributed by atoms with Gasteiger partial charge in [0, 0.05) is 12.6 Å². The Morgan fingerprint density at radius 2 is 2.29 bits per heavy atom. The summed E-state index contributed by atoms with van der Waals surface area (Å²) in [6.45, 7) is 2.36. The van der Waals surface area contributed by atoms with Crippen molar-refractivity contribution in [2.75, 3.05) is 26.4 Å². The van der Waals surface area contributed by atoms with Crippen LogP contribution < -0.4 is 11.1 Å². The number of hydrogen-bond acceptors (Lipinski definition) is 4. The fourth-order valence-corrected chi connectivity index (χ4v) is 1.52. The van der Waals surface area contributed by atoms with Crippen LogP contribution in [0.15, 0.2) is 0 Å². The van der Waals surface area contributed by atoms with Crippen molar-refractivity contribution in [3.8, 4) is 0 Å². The summed E-state index contributed by atoms with van der Waals surface area (Å²) >= 11 is 0. The van der Waals surface area contributed by atoms with E-state index in [-0.39, 0.29) is 24.0 Å². The predicted molar refractivity (Wildman–Crippen MR) is 49.7 cm³/mol. The van der Waals surface area contributed by atoms with E-state index in [2.05, 4.69) is 5.32 Å². The molecule has 3 unspecified atom stereocenters. The molecule has 0 spiro atoms. The van der Waals surface area contributed by atoms with Crippen molar-refractivity contribution in [2.45, 2.75) is 18.6 Å². The van der Waals surface area contributed by atoms with Gasteiger partial charge in [0.15, 0.2) is 0 Å². The molecule has 1 saturated carbocycles. The van der Waals surface area contributed by atoms with Gasteiger partial charge in [-0.3, -0.25) is 4.79 Å². The van der Waals surface area contributed by atoms with Crippen LogP contribution in [0.2, 0.25) is 0 Å². The fraction of sp³-hybridized carbons (Fsp3) is 0.889. The van der Waals surface area contributed by atoms with Crippen LogP contribution in [0.3, 0.4) is 0 Å². The Hall–Kier alpha value is -0.650. The highest BCUT2D eigenvalue weighted by Gasteiger charge is 2.39. The number of amides is 1. The molecule has 5 nitrogen and oxygen atoms in total. The van der Waals surface area contributed by atoms with E-state index in [1.54, 1.807) is 0 Å². The molecule has 0 aromatic heterocycles. The van der Waals surface area contributed by atoms with E-state index in [1.165, 1.54) is 0 Å². The summed E-state index contributed by atoms with van der Waals surface area (Å²) in [7, 11) is 0. The number of carbonyl (C=O) groups excluding carboxylic acids is 1. The lowest BCUT2D eigenvalue weighted by Gasteiger charge is -2.23. The molecule has 14 heavy (non-hydrogen) atoms. The van der Waals surface area contributed by atoms with Crippen LogP contribution in [-0.2, 0) is 14.3 Å². The van der Waals surface area contributed by atoms with E-state index >= 15 is 0 Å². The first-order valence-corrected chi connectivity index (χ1v) is 5.00. The second kappa shape index (κ2) is 4.25. The minimum atomic E-state index is 0.00248. The van der Waals surface area contributed by atoms with Crippen molar-refractivity contribution in [1.29, 1.82) is 0 Å². The molecule has 1 aliphatic carbocycles. The van der Waals surface area contributed by atoms with Crippen LogP contribution in [-0.4, -0.2) is 44.4 Å². The summed E-state index contributed by atoms with van der Waals surface area (Å²) in [5.74, 6) is 0.0752. The van der Waals surface area contributed by atoms with Gasteiger partial charge in [0.2, 0.25) is 5.91 Å². The van der Waals surface area contributed by atoms with E-state index < -0.39 is 0 Å². The van der Waals surface area contributed by atoms with Crippen molar-refractivity contribution in [3.05, 3.63) is 0 Å². The van der Waals surface area contributed by atoms with Crippen LogP contribution in [0, 0.1) is 5.92 Å². The van der Waals surface area contributed by atoms with Gasteiger partial charge in [-0.15, -0.1) is 0 Å². The molecule has 3 N–H and O–H groups in total. The Morgan fingerprint density at radius 1 is 1.50 bits per heavy atom. The summed E-state index contributed by atoms with van der Waals surface area (Å²) in [5.41, 5.74) is 5.56. The van der Waals surface area contributed by atoms with Crippen molar-refractivity contribution in [1.82, 2.24) is 5.32 Å². The first kappa shape index (κ1) is 9.89. The number of rotatable bonds is 3. The molecule has 1 aliphatic heterocycles. The molecular formula is C9H16N2O3. The highest BCUT2D eigenvalue weighted by atomic mass is 16.6. The van der Waals surface area contributed by atoms with Crippen LogP contribution in [0.1, 0.15) is 6.42 Å². The maximum absolute atomic E-state index is 11.4. The first-order chi connectivity index (χ1) is 6.77. The number of hydrogen-bond donors (Lipinski definition) is 2. The molecule has 0 radical (unpaired) electrons. The molecule has 1 amide bonds. The van der Waals surface area contributed by atoms with Gasteiger partial charge < -0.3 is 20.5 Å². The van der Waals surface area contributed by atoms with E-state index in [0.29, 0.717) is 26.4 Å². The second-order valence-electron chi connectivity index (χ2n) is 3.82. The zero-order chi connectivity index (χ0) is 9.97. The Bertz CT molecular complexity index is 216. The molecule has 3 atom stereocenters. The van der Waals surface area contributed by atoms with Crippen LogP contribution in [0.25, 0.3) is 0 Å². The Kier molecular flexibility index (Phi) is 3.00. The number of nitrogens with one attached hydrogen (secondary N) is 1. The molecule has 1 saturated heterocycles. The minimum Gasteiger partial charge on any atom is -0.376 e. The van der Waals surface area contributed by atoms with Gasteiger partial charge in [0.1, 0.15) is 0 Å². The largest absolute Gasteiger partial charge is 0.376 e. The maximum Gasteiger partial charge on any atom is 0.224 e. The highest BCUT2D eigenvalue weighted by molar-refractivity contribution is 5.82.